The maximum atomic E-state index is 13.6. The largest absolute Gasteiger partial charge is 0.493 e. The number of allylic oxidation sites excluding steroid dienone is 1. The van der Waals surface area contributed by atoms with Crippen LogP contribution in [0.25, 0.3) is 4.91 Å². The van der Waals surface area contributed by atoms with E-state index in [0.29, 0.717) is 44.2 Å². The zero-order valence-corrected chi connectivity index (χ0v) is 21.0. The average Bonchev–Trinajstić information content (AvgIpc) is 2.87. The van der Waals surface area contributed by atoms with Gasteiger partial charge in [0.25, 0.3) is 5.91 Å². The zero-order chi connectivity index (χ0) is 25.1. The van der Waals surface area contributed by atoms with Crippen LogP contribution in [0.3, 0.4) is 0 Å². The average molecular weight is 495 g/mol. The first-order chi connectivity index (χ1) is 16.9. The Bertz CT molecular complexity index is 1250. The summed E-state index contributed by atoms with van der Waals surface area (Å²) < 4.78 is 21.8. The second-order valence-corrected chi connectivity index (χ2v) is 8.64. The molecule has 2 aliphatic rings. The van der Waals surface area contributed by atoms with Gasteiger partial charge in [-0.25, -0.2) is 9.79 Å². The quantitative estimate of drug-likeness (QED) is 0.521. The summed E-state index contributed by atoms with van der Waals surface area (Å²) in [6.45, 7) is 3.72. The van der Waals surface area contributed by atoms with Crippen LogP contribution < -0.4 is 14.2 Å². The SMILES string of the molecule is CCOC(=O)C1=C(C)N=C2SC(c3ccc(OC)c(OC)c3OC)=CC(=O)N2C1c1ccccc1. The molecule has 2 aromatic carbocycles. The summed E-state index contributed by atoms with van der Waals surface area (Å²) in [7, 11) is 4.61. The lowest BCUT2D eigenvalue weighted by atomic mass is 9.94. The number of carbonyl (C=O) groups is 2. The molecule has 1 amide bonds. The first-order valence-electron chi connectivity index (χ1n) is 11.0. The van der Waals surface area contributed by atoms with Gasteiger partial charge in [0.2, 0.25) is 5.75 Å². The first kappa shape index (κ1) is 24.4. The zero-order valence-electron chi connectivity index (χ0n) is 20.2. The number of rotatable bonds is 7. The number of amidine groups is 1. The molecule has 0 aliphatic carbocycles. The van der Waals surface area contributed by atoms with Crippen LogP contribution in [0.1, 0.15) is 31.0 Å². The van der Waals surface area contributed by atoms with Crippen molar-refractivity contribution >= 4 is 33.7 Å². The van der Waals surface area contributed by atoms with Crippen molar-refractivity contribution < 1.29 is 28.5 Å². The molecule has 2 aliphatic heterocycles. The molecule has 0 saturated carbocycles. The lowest BCUT2D eigenvalue weighted by Gasteiger charge is -2.38. The van der Waals surface area contributed by atoms with E-state index in [1.165, 1.54) is 37.0 Å². The molecule has 2 aromatic rings. The lowest BCUT2D eigenvalue weighted by molar-refractivity contribution is -0.139. The van der Waals surface area contributed by atoms with Crippen molar-refractivity contribution in [1.29, 1.82) is 0 Å². The fourth-order valence-electron chi connectivity index (χ4n) is 4.15. The molecule has 0 saturated heterocycles. The highest BCUT2D eigenvalue weighted by molar-refractivity contribution is 8.21. The van der Waals surface area contributed by atoms with Gasteiger partial charge in [-0.05, 0) is 31.5 Å². The molecule has 1 unspecified atom stereocenters. The molecule has 0 fully saturated rings. The van der Waals surface area contributed by atoms with Crippen LogP contribution in [-0.4, -0.2) is 49.9 Å². The Morgan fingerprint density at radius 1 is 1.03 bits per heavy atom. The van der Waals surface area contributed by atoms with Crippen LogP contribution in [-0.2, 0) is 14.3 Å². The van der Waals surface area contributed by atoms with E-state index in [1.807, 2.05) is 36.4 Å². The molecule has 1 atom stereocenters. The predicted octanol–water partition coefficient (Wildman–Crippen LogP) is 4.58. The normalized spacial score (nSPS) is 17.3. The minimum Gasteiger partial charge on any atom is -0.493 e. The van der Waals surface area contributed by atoms with Crippen LogP contribution in [0.2, 0.25) is 0 Å². The van der Waals surface area contributed by atoms with Crippen LogP contribution in [0, 0.1) is 0 Å². The van der Waals surface area contributed by atoms with E-state index >= 15 is 0 Å². The third-order valence-electron chi connectivity index (χ3n) is 5.66. The molecule has 0 bridgehead atoms. The van der Waals surface area contributed by atoms with E-state index in [9.17, 15) is 9.59 Å². The Morgan fingerprint density at radius 2 is 1.74 bits per heavy atom. The number of esters is 1. The number of methoxy groups -OCH3 is 3. The summed E-state index contributed by atoms with van der Waals surface area (Å²) in [5.74, 6) is 0.590. The van der Waals surface area contributed by atoms with E-state index in [4.69, 9.17) is 18.9 Å². The van der Waals surface area contributed by atoms with Crippen molar-refractivity contribution in [3.8, 4) is 17.2 Å². The molecule has 182 valence electrons. The molecule has 9 heteroatoms. The highest BCUT2D eigenvalue weighted by Crippen LogP contribution is 2.49. The van der Waals surface area contributed by atoms with Gasteiger partial charge < -0.3 is 18.9 Å². The van der Waals surface area contributed by atoms with E-state index < -0.39 is 12.0 Å². The Hall–Kier alpha value is -3.72. The van der Waals surface area contributed by atoms with Gasteiger partial charge in [0.1, 0.15) is 0 Å². The third-order valence-corrected chi connectivity index (χ3v) is 6.69. The van der Waals surface area contributed by atoms with E-state index in [2.05, 4.69) is 4.99 Å². The van der Waals surface area contributed by atoms with Crippen molar-refractivity contribution in [3.63, 3.8) is 0 Å². The highest BCUT2D eigenvalue weighted by atomic mass is 32.2. The van der Waals surface area contributed by atoms with Crippen molar-refractivity contribution in [2.45, 2.75) is 19.9 Å². The number of aliphatic imine (C=N–C) groups is 1. The predicted molar refractivity (Wildman–Crippen MR) is 134 cm³/mol. The van der Waals surface area contributed by atoms with Gasteiger partial charge in [-0.15, -0.1) is 0 Å². The monoisotopic (exact) mass is 494 g/mol. The third kappa shape index (κ3) is 4.39. The van der Waals surface area contributed by atoms with Gasteiger partial charge in [-0.3, -0.25) is 9.69 Å². The summed E-state index contributed by atoms with van der Waals surface area (Å²) in [5.41, 5.74) is 2.30. The van der Waals surface area contributed by atoms with Crippen LogP contribution >= 0.6 is 11.8 Å². The number of thioether (sulfide) groups is 1. The Kier molecular flexibility index (Phi) is 7.16. The maximum Gasteiger partial charge on any atom is 0.338 e. The van der Waals surface area contributed by atoms with Crippen molar-refractivity contribution in [2.75, 3.05) is 27.9 Å². The molecular formula is C26H26N2O6S. The van der Waals surface area contributed by atoms with Crippen LogP contribution in [0.15, 0.2) is 64.8 Å². The maximum absolute atomic E-state index is 13.6. The number of ether oxygens (including phenoxy) is 4. The highest BCUT2D eigenvalue weighted by Gasteiger charge is 2.42. The van der Waals surface area contributed by atoms with Gasteiger partial charge in [-0.2, -0.15) is 0 Å². The van der Waals surface area contributed by atoms with Crippen molar-refractivity contribution in [1.82, 2.24) is 4.90 Å². The number of hydrogen-bond donors (Lipinski definition) is 0. The van der Waals surface area contributed by atoms with Gasteiger partial charge in [0.05, 0.1) is 45.2 Å². The minimum absolute atomic E-state index is 0.222. The van der Waals surface area contributed by atoms with Gasteiger partial charge in [0.15, 0.2) is 16.7 Å². The number of hydrogen-bond acceptors (Lipinski definition) is 8. The van der Waals surface area contributed by atoms with Gasteiger partial charge in [-0.1, -0.05) is 42.1 Å². The number of amides is 1. The lowest BCUT2D eigenvalue weighted by Crippen LogP contribution is -2.44. The fourth-order valence-corrected chi connectivity index (χ4v) is 5.25. The van der Waals surface area contributed by atoms with Crippen molar-refractivity contribution in [2.24, 2.45) is 4.99 Å². The number of benzene rings is 2. The number of carbonyl (C=O) groups excluding carboxylic acids is 2. The Labute approximate surface area is 208 Å². The summed E-state index contributed by atoms with van der Waals surface area (Å²) in [6, 6.07) is 12.3. The summed E-state index contributed by atoms with van der Waals surface area (Å²) >= 11 is 1.32. The molecular weight excluding hydrogens is 468 g/mol. The van der Waals surface area contributed by atoms with E-state index in [0.717, 1.165) is 5.56 Å². The molecule has 0 spiro atoms. The van der Waals surface area contributed by atoms with Crippen molar-refractivity contribution in [3.05, 3.63) is 70.9 Å². The summed E-state index contributed by atoms with van der Waals surface area (Å²) in [4.78, 5) is 33.3. The van der Waals surface area contributed by atoms with E-state index in [1.54, 1.807) is 27.0 Å². The van der Waals surface area contributed by atoms with Gasteiger partial charge >= 0.3 is 5.97 Å². The Morgan fingerprint density at radius 3 is 2.37 bits per heavy atom. The Balaban J connectivity index is 1.85. The fraction of sp³-hybridized carbons (Fsp3) is 0.269. The second-order valence-electron chi connectivity index (χ2n) is 7.63. The molecule has 0 N–H and O–H groups in total. The van der Waals surface area contributed by atoms with Crippen LogP contribution in [0.5, 0.6) is 17.2 Å². The molecule has 35 heavy (non-hydrogen) atoms. The molecule has 8 nitrogen and oxygen atoms in total. The molecule has 0 radical (unpaired) electrons. The second kappa shape index (κ2) is 10.3. The smallest absolute Gasteiger partial charge is 0.338 e. The van der Waals surface area contributed by atoms with E-state index in [-0.39, 0.29) is 12.5 Å². The topological polar surface area (TPSA) is 86.7 Å². The summed E-state index contributed by atoms with van der Waals surface area (Å²) in [5, 5.41) is 0.462. The molecule has 0 aromatic heterocycles. The molecule has 2 heterocycles. The van der Waals surface area contributed by atoms with Crippen LogP contribution in [0.4, 0.5) is 0 Å². The summed E-state index contributed by atoms with van der Waals surface area (Å²) in [6.07, 6.45) is 1.52. The number of nitrogens with zero attached hydrogens (tertiary/aromatic N) is 2. The standard InChI is InChI=1S/C26H26N2O6S/c1-6-34-25(30)21-15(2)27-26-28(22(21)16-10-8-7-9-11-16)20(29)14-19(35-26)17-12-13-18(31-3)24(33-5)23(17)32-4/h7-14,22H,6H2,1-5H3. The first-order valence-corrected chi connectivity index (χ1v) is 11.8. The number of fused-ring (bicyclic) bond motifs is 1. The molecule has 4 rings (SSSR count). The minimum atomic E-state index is -0.659. The van der Waals surface area contributed by atoms with Gasteiger partial charge in [0, 0.05) is 16.5 Å².